The van der Waals surface area contributed by atoms with Crippen LogP contribution in [0.15, 0.2) is 31.0 Å². The molecule has 0 saturated heterocycles. The molecule has 80 valence electrons. The van der Waals surface area contributed by atoms with Crippen molar-refractivity contribution in [2.45, 2.75) is 25.8 Å². The number of unbranched alkanes of at least 4 members (excludes halogenated alkanes) is 1. The molecule has 2 heterocycles. The molecule has 0 aromatic carbocycles. The zero-order valence-corrected chi connectivity index (χ0v) is 9.15. The van der Waals surface area contributed by atoms with Gasteiger partial charge >= 0.3 is 0 Å². The van der Waals surface area contributed by atoms with Gasteiger partial charge in [-0.05, 0) is 31.0 Å². The minimum absolute atomic E-state index is 1.07. The number of rotatable bonds is 4. The summed E-state index contributed by atoms with van der Waals surface area (Å²) < 4.78 is 0. The largest absolute Gasteiger partial charge is 0.299 e. The Labute approximate surface area is 91.6 Å². The van der Waals surface area contributed by atoms with Crippen LogP contribution in [0.4, 0.5) is 0 Å². The van der Waals surface area contributed by atoms with Crippen molar-refractivity contribution in [1.82, 2.24) is 9.88 Å². The summed E-state index contributed by atoms with van der Waals surface area (Å²) in [5.74, 6) is 0. The van der Waals surface area contributed by atoms with Crippen molar-refractivity contribution in [1.29, 1.82) is 0 Å². The Morgan fingerprint density at radius 2 is 2.47 bits per heavy atom. The Kier molecular flexibility index (Phi) is 3.51. The third-order valence-electron chi connectivity index (χ3n) is 2.93. The summed E-state index contributed by atoms with van der Waals surface area (Å²) in [5, 5.41) is 0. The number of nitrogens with zero attached hydrogens (tertiary/aromatic N) is 2. The second-order valence-electron chi connectivity index (χ2n) is 4.07. The maximum absolute atomic E-state index is 4.41. The van der Waals surface area contributed by atoms with E-state index < -0.39 is 0 Å². The van der Waals surface area contributed by atoms with Gasteiger partial charge in [0.15, 0.2) is 0 Å². The molecule has 1 aliphatic heterocycles. The number of fused-ring (bicyclic) bond motifs is 1. The molecule has 0 aliphatic carbocycles. The van der Waals surface area contributed by atoms with Gasteiger partial charge in [-0.2, -0.15) is 0 Å². The molecule has 0 N–H and O–H groups in total. The molecule has 1 aliphatic rings. The minimum atomic E-state index is 1.07. The highest BCUT2D eigenvalue weighted by molar-refractivity contribution is 5.22. The molecular weight excluding hydrogens is 184 g/mol. The SMILES string of the molecule is C=CCCCN1CCc2ncccc2C1. The smallest absolute Gasteiger partial charge is 0.0461 e. The van der Waals surface area contributed by atoms with Crippen LogP contribution in [0.25, 0.3) is 0 Å². The van der Waals surface area contributed by atoms with Crippen LogP contribution in [-0.4, -0.2) is 23.0 Å². The highest BCUT2D eigenvalue weighted by atomic mass is 15.1. The first-order chi connectivity index (χ1) is 7.40. The molecule has 0 fully saturated rings. The molecule has 0 amide bonds. The van der Waals surface area contributed by atoms with Crippen LogP contribution < -0.4 is 0 Å². The van der Waals surface area contributed by atoms with Crippen LogP contribution in [0.1, 0.15) is 24.1 Å². The predicted molar refractivity (Wildman–Crippen MR) is 62.6 cm³/mol. The van der Waals surface area contributed by atoms with Gasteiger partial charge in [-0.25, -0.2) is 0 Å². The molecule has 0 radical (unpaired) electrons. The lowest BCUT2D eigenvalue weighted by atomic mass is 10.1. The summed E-state index contributed by atoms with van der Waals surface area (Å²) in [5.41, 5.74) is 2.69. The average molecular weight is 202 g/mol. The van der Waals surface area contributed by atoms with E-state index in [1.54, 1.807) is 0 Å². The van der Waals surface area contributed by atoms with E-state index in [4.69, 9.17) is 0 Å². The summed E-state index contributed by atoms with van der Waals surface area (Å²) in [6.07, 6.45) is 7.34. The molecular formula is C13H18N2. The van der Waals surface area contributed by atoms with Gasteiger partial charge in [-0.3, -0.25) is 9.88 Å². The van der Waals surface area contributed by atoms with Crippen molar-refractivity contribution < 1.29 is 0 Å². The number of hydrogen-bond acceptors (Lipinski definition) is 2. The summed E-state index contributed by atoms with van der Waals surface area (Å²) in [6.45, 7) is 7.16. The molecule has 1 aromatic rings. The van der Waals surface area contributed by atoms with Crippen molar-refractivity contribution in [2.75, 3.05) is 13.1 Å². The maximum atomic E-state index is 4.41. The molecule has 0 unspecified atom stereocenters. The zero-order valence-electron chi connectivity index (χ0n) is 9.15. The lowest BCUT2D eigenvalue weighted by Crippen LogP contribution is -2.31. The van der Waals surface area contributed by atoms with Crippen molar-refractivity contribution in [2.24, 2.45) is 0 Å². The van der Waals surface area contributed by atoms with Crippen LogP contribution in [0.5, 0.6) is 0 Å². The highest BCUT2D eigenvalue weighted by Crippen LogP contribution is 2.16. The van der Waals surface area contributed by atoms with Gasteiger partial charge in [0, 0.05) is 31.4 Å². The van der Waals surface area contributed by atoms with Crippen LogP contribution in [0.3, 0.4) is 0 Å². The molecule has 15 heavy (non-hydrogen) atoms. The first kappa shape index (κ1) is 10.4. The van der Waals surface area contributed by atoms with E-state index in [-0.39, 0.29) is 0 Å². The molecule has 0 bridgehead atoms. The first-order valence-corrected chi connectivity index (χ1v) is 5.66. The van der Waals surface area contributed by atoms with Gasteiger partial charge in [0.25, 0.3) is 0 Å². The molecule has 1 aromatic heterocycles. The normalized spacial score (nSPS) is 16.0. The number of aromatic nitrogens is 1. The lowest BCUT2D eigenvalue weighted by molar-refractivity contribution is 0.249. The van der Waals surface area contributed by atoms with Crippen LogP contribution in [-0.2, 0) is 13.0 Å². The van der Waals surface area contributed by atoms with E-state index in [2.05, 4.69) is 22.5 Å². The van der Waals surface area contributed by atoms with E-state index in [0.29, 0.717) is 0 Å². The third kappa shape index (κ3) is 2.66. The fraction of sp³-hybridized carbons (Fsp3) is 0.462. The van der Waals surface area contributed by atoms with Gasteiger partial charge in [-0.15, -0.1) is 6.58 Å². The van der Waals surface area contributed by atoms with Gasteiger partial charge in [0.2, 0.25) is 0 Å². The lowest BCUT2D eigenvalue weighted by Gasteiger charge is -2.27. The fourth-order valence-corrected chi connectivity index (χ4v) is 2.07. The van der Waals surface area contributed by atoms with Crippen molar-refractivity contribution in [3.05, 3.63) is 42.2 Å². The van der Waals surface area contributed by atoms with Gasteiger partial charge in [-0.1, -0.05) is 12.1 Å². The third-order valence-corrected chi connectivity index (χ3v) is 2.93. The van der Waals surface area contributed by atoms with E-state index in [1.165, 1.54) is 24.2 Å². The van der Waals surface area contributed by atoms with E-state index in [0.717, 1.165) is 25.9 Å². The van der Waals surface area contributed by atoms with Crippen molar-refractivity contribution in [3.63, 3.8) is 0 Å². The molecule has 2 heteroatoms. The van der Waals surface area contributed by atoms with Crippen molar-refractivity contribution >= 4 is 0 Å². The summed E-state index contributed by atoms with van der Waals surface area (Å²) in [7, 11) is 0. The van der Waals surface area contributed by atoms with Gasteiger partial charge in [0.1, 0.15) is 0 Å². The Balaban J connectivity index is 1.91. The monoisotopic (exact) mass is 202 g/mol. The zero-order chi connectivity index (χ0) is 10.5. The van der Waals surface area contributed by atoms with E-state index in [1.807, 2.05) is 18.3 Å². The standard InChI is InChI=1S/C13H18N2/c1-2-3-4-9-15-10-7-13-12(11-15)6-5-8-14-13/h2,5-6,8H,1,3-4,7,9-11H2. The maximum Gasteiger partial charge on any atom is 0.0461 e. The highest BCUT2D eigenvalue weighted by Gasteiger charge is 2.15. The Bertz CT molecular complexity index is 333. The Morgan fingerprint density at radius 3 is 3.33 bits per heavy atom. The van der Waals surface area contributed by atoms with Crippen molar-refractivity contribution in [3.8, 4) is 0 Å². The Hall–Kier alpha value is -1.15. The fourth-order valence-electron chi connectivity index (χ4n) is 2.07. The minimum Gasteiger partial charge on any atom is -0.299 e. The quantitative estimate of drug-likeness (QED) is 0.550. The second-order valence-corrected chi connectivity index (χ2v) is 4.07. The number of pyridine rings is 1. The predicted octanol–water partition coefficient (Wildman–Crippen LogP) is 2.41. The average Bonchev–Trinajstić information content (AvgIpc) is 2.29. The topological polar surface area (TPSA) is 16.1 Å². The number of allylic oxidation sites excluding steroid dienone is 1. The molecule has 0 saturated carbocycles. The number of hydrogen-bond donors (Lipinski definition) is 0. The summed E-state index contributed by atoms with van der Waals surface area (Å²) in [4.78, 5) is 6.91. The van der Waals surface area contributed by atoms with Gasteiger partial charge < -0.3 is 0 Å². The molecule has 2 nitrogen and oxygen atoms in total. The summed E-state index contributed by atoms with van der Waals surface area (Å²) in [6, 6.07) is 4.23. The van der Waals surface area contributed by atoms with Crippen LogP contribution in [0, 0.1) is 0 Å². The Morgan fingerprint density at radius 1 is 1.53 bits per heavy atom. The summed E-state index contributed by atoms with van der Waals surface area (Å²) >= 11 is 0. The van der Waals surface area contributed by atoms with Crippen LogP contribution in [0.2, 0.25) is 0 Å². The van der Waals surface area contributed by atoms with Gasteiger partial charge in [0.05, 0.1) is 0 Å². The van der Waals surface area contributed by atoms with E-state index >= 15 is 0 Å². The second kappa shape index (κ2) is 5.08. The first-order valence-electron chi connectivity index (χ1n) is 5.66. The molecule has 2 rings (SSSR count). The molecule has 0 atom stereocenters. The van der Waals surface area contributed by atoms with E-state index in [9.17, 15) is 0 Å². The van der Waals surface area contributed by atoms with Crippen LogP contribution >= 0.6 is 0 Å². The molecule has 0 spiro atoms.